The summed E-state index contributed by atoms with van der Waals surface area (Å²) in [6.45, 7) is 0. The normalized spacial score (nSPS) is 23.5. The Labute approximate surface area is 111 Å². The van der Waals surface area contributed by atoms with E-state index in [-0.39, 0.29) is 0 Å². The Bertz CT molecular complexity index is 238. The molecule has 0 fully saturated rings. The Morgan fingerprint density at radius 3 is 1.55 bits per heavy atom. The van der Waals surface area contributed by atoms with Gasteiger partial charge in [0.05, 0.1) is 5.03 Å². The highest BCUT2D eigenvalue weighted by molar-refractivity contribution is 9.27. The van der Waals surface area contributed by atoms with Gasteiger partial charge in [-0.2, -0.15) is 0 Å². The monoisotopic (exact) mass is 490 g/mol. The first kappa shape index (κ1) is 11.2. The van der Waals surface area contributed by atoms with Crippen molar-refractivity contribution in [1.82, 2.24) is 0 Å². The molecule has 0 saturated heterocycles. The van der Waals surface area contributed by atoms with Crippen LogP contribution in [0.15, 0.2) is 18.5 Å². The minimum Gasteiger partial charge on any atom is -0.0850 e. The molecule has 0 aliphatic heterocycles. The Kier molecular flexibility index (Phi) is 3.82. The first-order chi connectivity index (χ1) is 4.89. The standard InChI is InChI=1S/C5Br5Cl/c6-1-2(7)4(11)5(9,10)3(1)8. The zero-order valence-corrected chi connectivity index (χ0v) is 13.5. The summed E-state index contributed by atoms with van der Waals surface area (Å²) in [5.74, 6) is 0. The summed E-state index contributed by atoms with van der Waals surface area (Å²) in [5.41, 5.74) is 0. The van der Waals surface area contributed by atoms with Crippen LogP contribution < -0.4 is 0 Å². The van der Waals surface area contributed by atoms with E-state index in [0.29, 0.717) is 5.03 Å². The smallest absolute Gasteiger partial charge is 0.0850 e. The molecule has 0 unspecified atom stereocenters. The third-order valence-electron chi connectivity index (χ3n) is 1.13. The van der Waals surface area contributed by atoms with Gasteiger partial charge in [0.1, 0.15) is 3.23 Å². The molecule has 0 N–H and O–H groups in total. The van der Waals surface area contributed by atoms with Gasteiger partial charge in [-0.15, -0.1) is 0 Å². The maximum absolute atomic E-state index is 5.98. The molecular weight excluding hydrogens is 495 g/mol. The van der Waals surface area contributed by atoms with Gasteiger partial charge in [0.2, 0.25) is 0 Å². The van der Waals surface area contributed by atoms with Crippen molar-refractivity contribution in [2.24, 2.45) is 0 Å². The predicted molar refractivity (Wildman–Crippen MR) is 67.3 cm³/mol. The van der Waals surface area contributed by atoms with Crippen LogP contribution in [0.5, 0.6) is 0 Å². The van der Waals surface area contributed by atoms with Crippen molar-refractivity contribution in [3.8, 4) is 0 Å². The van der Waals surface area contributed by atoms with Crippen LogP contribution in [0.1, 0.15) is 0 Å². The summed E-state index contributed by atoms with van der Waals surface area (Å²) in [7, 11) is 0. The van der Waals surface area contributed by atoms with Crippen LogP contribution in [0, 0.1) is 0 Å². The predicted octanol–water partition coefficient (Wildman–Crippen LogP) is 5.33. The zero-order valence-electron chi connectivity index (χ0n) is 4.77. The van der Waals surface area contributed by atoms with Gasteiger partial charge in [0.25, 0.3) is 0 Å². The molecule has 0 atom stereocenters. The van der Waals surface area contributed by atoms with Crippen LogP contribution in [0.25, 0.3) is 0 Å². The summed E-state index contributed by atoms with van der Waals surface area (Å²) in [6.07, 6.45) is 0. The lowest BCUT2D eigenvalue weighted by Crippen LogP contribution is -2.07. The molecule has 0 bridgehead atoms. The molecule has 0 aromatic heterocycles. The molecule has 62 valence electrons. The van der Waals surface area contributed by atoms with E-state index in [2.05, 4.69) is 79.6 Å². The van der Waals surface area contributed by atoms with E-state index in [9.17, 15) is 0 Å². The molecule has 0 spiro atoms. The molecule has 0 aromatic carbocycles. The van der Waals surface area contributed by atoms with E-state index in [4.69, 9.17) is 11.6 Å². The van der Waals surface area contributed by atoms with Crippen molar-refractivity contribution in [1.29, 1.82) is 0 Å². The number of halogens is 6. The Hall–Kier alpha value is 2.17. The number of alkyl halides is 2. The second-order valence-corrected chi connectivity index (χ2v) is 8.03. The van der Waals surface area contributed by atoms with Crippen LogP contribution in [0.2, 0.25) is 0 Å². The molecule has 1 rings (SSSR count). The summed E-state index contributed by atoms with van der Waals surface area (Å²) in [5, 5.41) is 0.663. The van der Waals surface area contributed by atoms with Crippen molar-refractivity contribution in [3.05, 3.63) is 18.5 Å². The van der Waals surface area contributed by atoms with Crippen molar-refractivity contribution in [2.75, 3.05) is 0 Å². The Morgan fingerprint density at radius 1 is 1.00 bits per heavy atom. The van der Waals surface area contributed by atoms with Crippen LogP contribution in [-0.4, -0.2) is 3.23 Å². The Morgan fingerprint density at radius 2 is 1.45 bits per heavy atom. The molecule has 0 radical (unpaired) electrons. The number of hydrogen-bond acceptors (Lipinski definition) is 0. The van der Waals surface area contributed by atoms with E-state index >= 15 is 0 Å². The molecule has 6 heteroatoms. The van der Waals surface area contributed by atoms with Crippen molar-refractivity contribution in [3.63, 3.8) is 0 Å². The van der Waals surface area contributed by atoms with Crippen LogP contribution in [0.3, 0.4) is 0 Å². The summed E-state index contributed by atoms with van der Waals surface area (Å²) >= 11 is 22.9. The number of allylic oxidation sites excluding steroid dienone is 4. The van der Waals surface area contributed by atoms with Gasteiger partial charge < -0.3 is 0 Å². The highest BCUT2D eigenvalue weighted by Gasteiger charge is 2.40. The topological polar surface area (TPSA) is 0 Å². The lowest BCUT2D eigenvalue weighted by molar-refractivity contribution is 1.36. The van der Waals surface area contributed by atoms with Gasteiger partial charge in [0, 0.05) is 13.4 Å². The third-order valence-corrected chi connectivity index (χ3v) is 8.58. The average molecular weight is 495 g/mol. The lowest BCUT2D eigenvalue weighted by Gasteiger charge is -2.13. The highest BCUT2D eigenvalue weighted by atomic mass is 79.9. The molecule has 0 aromatic rings. The highest BCUT2D eigenvalue weighted by Crippen LogP contribution is 2.57. The minimum absolute atomic E-state index is 0.473. The molecule has 1 aliphatic carbocycles. The fourth-order valence-corrected chi connectivity index (χ4v) is 4.49. The summed E-state index contributed by atoms with van der Waals surface area (Å²) in [4.78, 5) is 0. The van der Waals surface area contributed by atoms with Gasteiger partial charge in [-0.25, -0.2) is 0 Å². The number of rotatable bonds is 0. The van der Waals surface area contributed by atoms with Crippen LogP contribution >= 0.6 is 91.3 Å². The van der Waals surface area contributed by atoms with Crippen molar-refractivity contribution >= 4 is 91.3 Å². The van der Waals surface area contributed by atoms with E-state index in [1.807, 2.05) is 0 Å². The SMILES string of the molecule is ClC1=C(Br)C(Br)=C(Br)C1(Br)Br. The van der Waals surface area contributed by atoms with Crippen molar-refractivity contribution < 1.29 is 0 Å². The molecule has 1 aliphatic rings. The maximum atomic E-state index is 5.98. The second kappa shape index (κ2) is 3.73. The van der Waals surface area contributed by atoms with Gasteiger partial charge in [-0.05, 0) is 31.9 Å². The van der Waals surface area contributed by atoms with Gasteiger partial charge >= 0.3 is 0 Å². The lowest BCUT2D eigenvalue weighted by atomic mass is 10.5. The molecular formula is C5Br5Cl. The number of hydrogen-bond donors (Lipinski definition) is 0. The van der Waals surface area contributed by atoms with E-state index in [1.54, 1.807) is 0 Å². The molecule has 11 heavy (non-hydrogen) atoms. The van der Waals surface area contributed by atoms with Gasteiger partial charge in [0.15, 0.2) is 0 Å². The van der Waals surface area contributed by atoms with E-state index in [0.717, 1.165) is 13.4 Å². The molecule has 0 heterocycles. The zero-order chi connectivity index (χ0) is 8.81. The quantitative estimate of drug-likeness (QED) is 0.399. The maximum Gasteiger partial charge on any atom is 0.149 e. The van der Waals surface area contributed by atoms with Gasteiger partial charge in [-0.3, -0.25) is 0 Å². The van der Waals surface area contributed by atoms with E-state index in [1.165, 1.54) is 0 Å². The molecule has 0 saturated carbocycles. The largest absolute Gasteiger partial charge is 0.149 e. The third kappa shape index (κ3) is 1.84. The fourth-order valence-electron chi connectivity index (χ4n) is 0.565. The average Bonchev–Trinajstić information content (AvgIpc) is 2.06. The van der Waals surface area contributed by atoms with Gasteiger partial charge in [-0.1, -0.05) is 59.4 Å². The molecule has 0 nitrogen and oxygen atoms in total. The molecule has 0 amide bonds. The first-order valence-corrected chi connectivity index (χ1v) is 6.73. The summed E-state index contributed by atoms with van der Waals surface area (Å²) < 4.78 is 2.21. The van der Waals surface area contributed by atoms with Crippen LogP contribution in [0.4, 0.5) is 0 Å². The fraction of sp³-hybridized carbons (Fsp3) is 0.200. The minimum atomic E-state index is -0.473. The van der Waals surface area contributed by atoms with E-state index < -0.39 is 3.23 Å². The first-order valence-electron chi connectivity index (χ1n) is 2.38. The van der Waals surface area contributed by atoms with Crippen LogP contribution in [-0.2, 0) is 0 Å². The van der Waals surface area contributed by atoms with Crippen molar-refractivity contribution in [2.45, 2.75) is 3.23 Å². The summed E-state index contributed by atoms with van der Waals surface area (Å²) in [6, 6.07) is 0. The Balaban J connectivity index is 3.27. The second-order valence-electron chi connectivity index (χ2n) is 1.83.